The highest BCUT2D eigenvalue weighted by atomic mass is 16.5. The molecule has 3 heteroatoms. The first-order valence-corrected chi connectivity index (χ1v) is 4.56. The van der Waals surface area contributed by atoms with E-state index in [1.54, 1.807) is 0 Å². The Labute approximate surface area is 74.4 Å². The van der Waals surface area contributed by atoms with Crippen LogP contribution in [0, 0.1) is 0 Å². The highest BCUT2D eigenvalue weighted by molar-refractivity contribution is 4.64. The molecule has 0 aromatic heterocycles. The predicted octanol–water partition coefficient (Wildman–Crippen LogP) is 1.16. The molecule has 1 rings (SSSR count). The second-order valence-corrected chi connectivity index (χ2v) is 3.19. The Morgan fingerprint density at radius 2 is 2.33 bits per heavy atom. The zero-order chi connectivity index (χ0) is 8.10. The molecule has 1 heterocycles. The third-order valence-corrected chi connectivity index (χ3v) is 2.17. The van der Waals surface area contributed by atoms with Crippen LogP contribution < -0.4 is 0 Å². The summed E-state index contributed by atoms with van der Waals surface area (Å²) >= 11 is 0. The lowest BCUT2D eigenvalue weighted by atomic mass is 10.2. The first kappa shape index (κ1) is 11.9. The summed E-state index contributed by atoms with van der Waals surface area (Å²) in [5, 5.41) is 0. The summed E-state index contributed by atoms with van der Waals surface area (Å²) in [6.07, 6.45) is 4.24. The molecule has 3 nitrogen and oxygen atoms in total. The van der Waals surface area contributed by atoms with Crippen molar-refractivity contribution in [2.75, 3.05) is 13.2 Å². The Morgan fingerprint density at radius 1 is 1.58 bits per heavy atom. The predicted molar refractivity (Wildman–Crippen MR) is 48.3 cm³/mol. The molecule has 0 amide bonds. The van der Waals surface area contributed by atoms with Gasteiger partial charge in [-0.25, -0.2) is 0 Å². The van der Waals surface area contributed by atoms with Crippen molar-refractivity contribution in [3.8, 4) is 0 Å². The van der Waals surface area contributed by atoms with Gasteiger partial charge in [0.05, 0.1) is 18.8 Å². The molecule has 2 N–H and O–H groups in total. The largest absolute Gasteiger partial charge is 0.412 e. The SMILES string of the molecule is CCC(C)OCC1CCCO1.O. The van der Waals surface area contributed by atoms with E-state index in [0.717, 1.165) is 19.6 Å². The van der Waals surface area contributed by atoms with Crippen molar-refractivity contribution in [2.24, 2.45) is 0 Å². The van der Waals surface area contributed by atoms with Crippen LogP contribution in [0.5, 0.6) is 0 Å². The normalized spacial score (nSPS) is 25.0. The molecule has 0 aliphatic carbocycles. The fourth-order valence-corrected chi connectivity index (χ4v) is 1.17. The van der Waals surface area contributed by atoms with Gasteiger partial charge in [-0.05, 0) is 26.2 Å². The van der Waals surface area contributed by atoms with Gasteiger partial charge in [-0.3, -0.25) is 0 Å². The summed E-state index contributed by atoms with van der Waals surface area (Å²) in [7, 11) is 0. The van der Waals surface area contributed by atoms with Crippen LogP contribution in [0.4, 0.5) is 0 Å². The monoisotopic (exact) mass is 176 g/mol. The molecule has 0 radical (unpaired) electrons. The van der Waals surface area contributed by atoms with Crippen molar-refractivity contribution in [3.05, 3.63) is 0 Å². The molecule has 74 valence electrons. The van der Waals surface area contributed by atoms with Crippen molar-refractivity contribution in [3.63, 3.8) is 0 Å². The van der Waals surface area contributed by atoms with Gasteiger partial charge < -0.3 is 14.9 Å². The first-order chi connectivity index (χ1) is 5.33. The van der Waals surface area contributed by atoms with Gasteiger partial charge in [0.15, 0.2) is 0 Å². The summed E-state index contributed by atoms with van der Waals surface area (Å²) < 4.78 is 11.0. The van der Waals surface area contributed by atoms with Crippen LogP contribution in [0.25, 0.3) is 0 Å². The lowest BCUT2D eigenvalue weighted by molar-refractivity contribution is -0.0148. The van der Waals surface area contributed by atoms with Crippen molar-refractivity contribution < 1.29 is 14.9 Å². The van der Waals surface area contributed by atoms with E-state index in [1.165, 1.54) is 12.8 Å². The van der Waals surface area contributed by atoms with Crippen molar-refractivity contribution in [1.29, 1.82) is 0 Å². The van der Waals surface area contributed by atoms with Gasteiger partial charge in [-0.15, -0.1) is 0 Å². The van der Waals surface area contributed by atoms with E-state index in [4.69, 9.17) is 9.47 Å². The molecular formula is C9H20O3. The highest BCUT2D eigenvalue weighted by Crippen LogP contribution is 2.12. The molecule has 0 saturated carbocycles. The van der Waals surface area contributed by atoms with Crippen molar-refractivity contribution in [1.82, 2.24) is 0 Å². The molecular weight excluding hydrogens is 156 g/mol. The number of rotatable bonds is 4. The Morgan fingerprint density at radius 3 is 2.83 bits per heavy atom. The quantitative estimate of drug-likeness (QED) is 0.645. The first-order valence-electron chi connectivity index (χ1n) is 4.56. The lowest BCUT2D eigenvalue weighted by Gasteiger charge is -2.14. The number of hydrogen-bond donors (Lipinski definition) is 0. The van der Waals surface area contributed by atoms with Gasteiger partial charge in [0.25, 0.3) is 0 Å². The van der Waals surface area contributed by atoms with Crippen LogP contribution >= 0.6 is 0 Å². The zero-order valence-electron chi connectivity index (χ0n) is 8.01. The van der Waals surface area contributed by atoms with E-state index in [1.807, 2.05) is 0 Å². The smallest absolute Gasteiger partial charge is 0.0809 e. The van der Waals surface area contributed by atoms with Gasteiger partial charge in [0.1, 0.15) is 0 Å². The molecule has 0 aromatic rings. The summed E-state index contributed by atoms with van der Waals surface area (Å²) in [4.78, 5) is 0. The van der Waals surface area contributed by atoms with Crippen LogP contribution in [0.15, 0.2) is 0 Å². The van der Waals surface area contributed by atoms with Gasteiger partial charge in [0.2, 0.25) is 0 Å². The minimum absolute atomic E-state index is 0. The molecule has 0 aromatic carbocycles. The maximum absolute atomic E-state index is 5.55. The minimum Gasteiger partial charge on any atom is -0.412 e. The van der Waals surface area contributed by atoms with Crippen LogP contribution in [-0.4, -0.2) is 30.9 Å². The number of ether oxygens (including phenoxy) is 2. The average Bonchev–Trinajstić information content (AvgIpc) is 2.52. The Bertz CT molecular complexity index is 99.9. The standard InChI is InChI=1S/C9H18O2.H2O/c1-3-8(2)11-7-9-5-4-6-10-9;/h8-9H,3-7H2,1-2H3;1H2. The van der Waals surface area contributed by atoms with Crippen LogP contribution in [0.3, 0.4) is 0 Å². The van der Waals surface area contributed by atoms with Crippen LogP contribution in [0.1, 0.15) is 33.1 Å². The second kappa shape index (κ2) is 6.40. The van der Waals surface area contributed by atoms with Crippen molar-refractivity contribution in [2.45, 2.75) is 45.3 Å². The topological polar surface area (TPSA) is 50.0 Å². The molecule has 0 bridgehead atoms. The van der Waals surface area contributed by atoms with E-state index in [-0.39, 0.29) is 5.48 Å². The van der Waals surface area contributed by atoms with E-state index in [9.17, 15) is 0 Å². The fraction of sp³-hybridized carbons (Fsp3) is 1.00. The maximum atomic E-state index is 5.55. The maximum Gasteiger partial charge on any atom is 0.0809 e. The van der Waals surface area contributed by atoms with Crippen LogP contribution in [0.2, 0.25) is 0 Å². The third kappa shape index (κ3) is 4.04. The van der Waals surface area contributed by atoms with E-state index in [2.05, 4.69) is 13.8 Å². The Balaban J connectivity index is 0.00000121. The second-order valence-electron chi connectivity index (χ2n) is 3.19. The molecule has 2 unspecified atom stereocenters. The molecule has 1 aliphatic heterocycles. The summed E-state index contributed by atoms with van der Waals surface area (Å²) in [6.45, 7) is 5.96. The summed E-state index contributed by atoms with van der Waals surface area (Å²) in [5.41, 5.74) is 0. The lowest BCUT2D eigenvalue weighted by Crippen LogP contribution is -2.18. The van der Waals surface area contributed by atoms with E-state index >= 15 is 0 Å². The molecule has 1 fully saturated rings. The molecule has 0 spiro atoms. The Kier molecular flexibility index (Phi) is 6.34. The fourth-order valence-electron chi connectivity index (χ4n) is 1.17. The van der Waals surface area contributed by atoms with Gasteiger partial charge in [0, 0.05) is 6.61 Å². The van der Waals surface area contributed by atoms with Crippen molar-refractivity contribution >= 4 is 0 Å². The van der Waals surface area contributed by atoms with Crippen LogP contribution in [-0.2, 0) is 9.47 Å². The molecule has 1 saturated heterocycles. The minimum atomic E-state index is 0. The highest BCUT2D eigenvalue weighted by Gasteiger charge is 2.15. The summed E-state index contributed by atoms with van der Waals surface area (Å²) in [6, 6.07) is 0. The molecule has 1 aliphatic rings. The average molecular weight is 176 g/mol. The Hall–Kier alpha value is -0.120. The van der Waals surface area contributed by atoms with E-state index < -0.39 is 0 Å². The zero-order valence-corrected chi connectivity index (χ0v) is 8.01. The molecule has 2 atom stereocenters. The van der Waals surface area contributed by atoms with Gasteiger partial charge in [-0.1, -0.05) is 6.92 Å². The van der Waals surface area contributed by atoms with Gasteiger partial charge >= 0.3 is 0 Å². The van der Waals surface area contributed by atoms with Gasteiger partial charge in [-0.2, -0.15) is 0 Å². The molecule has 12 heavy (non-hydrogen) atoms. The van der Waals surface area contributed by atoms with E-state index in [0.29, 0.717) is 12.2 Å². The number of hydrogen-bond acceptors (Lipinski definition) is 2. The third-order valence-electron chi connectivity index (χ3n) is 2.17. The summed E-state index contributed by atoms with van der Waals surface area (Å²) in [5.74, 6) is 0.